The van der Waals surface area contributed by atoms with Gasteiger partial charge >= 0.3 is 5.69 Å². The van der Waals surface area contributed by atoms with Crippen molar-refractivity contribution in [3.63, 3.8) is 0 Å². The third-order valence-corrected chi connectivity index (χ3v) is 2.26. The third kappa shape index (κ3) is 0.954. The number of H-pyrrole nitrogens is 1. The number of nitrogens with one attached hydrogen (secondary N) is 1. The van der Waals surface area contributed by atoms with Crippen LogP contribution in [0.1, 0.15) is 0 Å². The van der Waals surface area contributed by atoms with Crippen LogP contribution in [0.4, 0.5) is 0 Å². The maximum Gasteiger partial charge on any atom is 0.359 e. The van der Waals surface area contributed by atoms with Crippen LogP contribution < -0.4 is 5.69 Å². The van der Waals surface area contributed by atoms with Crippen molar-refractivity contribution in [2.45, 2.75) is 0 Å². The van der Waals surface area contributed by atoms with Gasteiger partial charge in [0.25, 0.3) is 0 Å². The summed E-state index contributed by atoms with van der Waals surface area (Å²) in [5, 5.41) is 9.50. The molecule has 3 aromatic rings. The summed E-state index contributed by atoms with van der Waals surface area (Å²) < 4.78 is 0.548. The number of aromatic amines is 1. The van der Waals surface area contributed by atoms with Gasteiger partial charge in [0.2, 0.25) is 0 Å². The molecular formula is C9H6N4O2. The Hall–Kier alpha value is -2.37. The van der Waals surface area contributed by atoms with Crippen LogP contribution in [-0.2, 0) is 0 Å². The summed E-state index contributed by atoms with van der Waals surface area (Å²) in [5.74, 6) is 0. The molecule has 0 radical (unpaired) electrons. The molecule has 0 atom stereocenters. The number of fused-ring (bicyclic) bond motifs is 3. The second-order valence-corrected chi connectivity index (χ2v) is 3.13. The molecule has 0 fully saturated rings. The summed E-state index contributed by atoms with van der Waals surface area (Å²) in [5.41, 5.74) is 1.44. The van der Waals surface area contributed by atoms with Crippen molar-refractivity contribution in [1.82, 2.24) is 19.7 Å². The molecule has 74 valence electrons. The van der Waals surface area contributed by atoms with E-state index in [-0.39, 0.29) is 0 Å². The smallest absolute Gasteiger partial charge is 0.359 e. The molecule has 0 aliphatic heterocycles. The lowest BCUT2D eigenvalue weighted by Gasteiger charge is -1.97. The third-order valence-electron chi connectivity index (χ3n) is 2.26. The van der Waals surface area contributed by atoms with E-state index in [9.17, 15) is 10.0 Å². The summed E-state index contributed by atoms with van der Waals surface area (Å²) in [4.78, 5) is 21.9. The quantitative estimate of drug-likeness (QED) is 0.520. The van der Waals surface area contributed by atoms with Gasteiger partial charge in [-0.15, -0.1) is 4.73 Å². The van der Waals surface area contributed by atoms with Crippen molar-refractivity contribution in [3.8, 4) is 0 Å². The lowest BCUT2D eigenvalue weighted by atomic mass is 10.2. The highest BCUT2D eigenvalue weighted by Gasteiger charge is 2.10. The lowest BCUT2D eigenvalue weighted by molar-refractivity contribution is 0.188. The normalized spacial score (nSPS) is 11.2. The molecule has 0 amide bonds. The Morgan fingerprint density at radius 3 is 2.93 bits per heavy atom. The first-order valence-electron chi connectivity index (χ1n) is 4.31. The molecule has 0 aliphatic carbocycles. The van der Waals surface area contributed by atoms with Crippen molar-refractivity contribution >= 4 is 22.1 Å². The average molecular weight is 202 g/mol. The zero-order valence-electron chi connectivity index (χ0n) is 7.51. The van der Waals surface area contributed by atoms with Crippen LogP contribution in [0.5, 0.6) is 0 Å². The molecule has 6 heteroatoms. The molecule has 6 nitrogen and oxygen atoms in total. The van der Waals surface area contributed by atoms with E-state index in [1.807, 2.05) is 0 Å². The van der Waals surface area contributed by atoms with Gasteiger partial charge in [-0.2, -0.15) is 0 Å². The van der Waals surface area contributed by atoms with Gasteiger partial charge < -0.3 is 10.2 Å². The molecule has 2 aromatic heterocycles. The maximum atomic E-state index is 11.2. The maximum absolute atomic E-state index is 11.2. The lowest BCUT2D eigenvalue weighted by Crippen LogP contribution is -2.13. The van der Waals surface area contributed by atoms with E-state index < -0.39 is 5.69 Å². The Bertz CT molecular complexity index is 713. The number of nitrogens with zero attached hydrogens (tertiary/aromatic N) is 3. The van der Waals surface area contributed by atoms with E-state index in [4.69, 9.17) is 0 Å². The van der Waals surface area contributed by atoms with Crippen molar-refractivity contribution in [1.29, 1.82) is 0 Å². The average Bonchev–Trinajstić information content (AvgIpc) is 2.55. The summed E-state index contributed by atoms with van der Waals surface area (Å²) in [7, 11) is 0. The van der Waals surface area contributed by atoms with Crippen LogP contribution in [0.2, 0.25) is 0 Å². The van der Waals surface area contributed by atoms with Crippen LogP contribution in [0.3, 0.4) is 0 Å². The van der Waals surface area contributed by atoms with Gasteiger partial charge in [-0.25, -0.2) is 4.79 Å². The zero-order valence-corrected chi connectivity index (χ0v) is 7.51. The van der Waals surface area contributed by atoms with E-state index in [1.165, 1.54) is 6.20 Å². The van der Waals surface area contributed by atoms with Crippen molar-refractivity contribution in [2.24, 2.45) is 0 Å². The minimum atomic E-state index is -0.580. The Morgan fingerprint density at radius 1 is 1.27 bits per heavy atom. The van der Waals surface area contributed by atoms with E-state index in [2.05, 4.69) is 15.0 Å². The van der Waals surface area contributed by atoms with Gasteiger partial charge in [0.05, 0.1) is 11.0 Å². The van der Waals surface area contributed by atoms with Gasteiger partial charge in [-0.1, -0.05) is 0 Å². The summed E-state index contributed by atoms with van der Waals surface area (Å²) in [6.07, 6.45) is 3.07. The highest BCUT2D eigenvalue weighted by molar-refractivity contribution is 5.99. The molecule has 2 heterocycles. The molecule has 3 rings (SSSR count). The second kappa shape index (κ2) is 2.57. The van der Waals surface area contributed by atoms with Crippen LogP contribution in [0.25, 0.3) is 22.1 Å². The van der Waals surface area contributed by atoms with Gasteiger partial charge in [-0.3, -0.25) is 9.97 Å². The Balaban J connectivity index is 2.69. The summed E-state index contributed by atoms with van der Waals surface area (Å²) >= 11 is 0. The zero-order chi connectivity index (χ0) is 10.4. The monoisotopic (exact) mass is 202 g/mol. The van der Waals surface area contributed by atoms with Gasteiger partial charge in [0.1, 0.15) is 11.0 Å². The minimum absolute atomic E-state index is 0.352. The summed E-state index contributed by atoms with van der Waals surface area (Å²) in [6, 6.07) is 3.42. The van der Waals surface area contributed by atoms with Crippen molar-refractivity contribution in [2.75, 3.05) is 0 Å². The summed E-state index contributed by atoms with van der Waals surface area (Å²) in [6.45, 7) is 0. The predicted molar refractivity (Wildman–Crippen MR) is 52.8 cm³/mol. The van der Waals surface area contributed by atoms with E-state index in [1.54, 1.807) is 18.3 Å². The fourth-order valence-corrected chi connectivity index (χ4v) is 1.61. The standard InChI is InChI=1S/C9H6N4O2/c14-9-12-6-2-1-5-7(8(6)13(9)15)11-4-3-10-5/h1-4,15H,(H,12,14). The molecule has 0 saturated heterocycles. The number of rotatable bonds is 0. The minimum Gasteiger partial charge on any atom is -0.423 e. The number of imidazole rings is 1. The fourth-order valence-electron chi connectivity index (χ4n) is 1.61. The van der Waals surface area contributed by atoms with Crippen molar-refractivity contribution < 1.29 is 5.21 Å². The highest BCUT2D eigenvalue weighted by Crippen LogP contribution is 2.18. The predicted octanol–water partition coefficient (Wildman–Crippen LogP) is 0.510. The van der Waals surface area contributed by atoms with Crippen LogP contribution in [-0.4, -0.2) is 24.9 Å². The first kappa shape index (κ1) is 7.98. The molecule has 0 bridgehead atoms. The molecule has 1 aromatic carbocycles. The Kier molecular flexibility index (Phi) is 1.37. The van der Waals surface area contributed by atoms with Crippen LogP contribution in [0, 0.1) is 0 Å². The van der Waals surface area contributed by atoms with E-state index >= 15 is 0 Å². The Morgan fingerprint density at radius 2 is 2.07 bits per heavy atom. The van der Waals surface area contributed by atoms with E-state index in [0.717, 1.165) is 0 Å². The molecule has 0 aliphatic rings. The topological polar surface area (TPSA) is 83.8 Å². The fraction of sp³-hybridized carbons (Fsp3) is 0. The largest absolute Gasteiger partial charge is 0.423 e. The SMILES string of the molecule is O=c1[nH]c2ccc3nccnc3c2n1O. The number of hydrogen-bond acceptors (Lipinski definition) is 4. The van der Waals surface area contributed by atoms with Crippen molar-refractivity contribution in [3.05, 3.63) is 35.0 Å². The number of aromatic nitrogens is 4. The Labute approximate surface area is 82.8 Å². The molecular weight excluding hydrogens is 196 g/mol. The van der Waals surface area contributed by atoms with E-state index in [0.29, 0.717) is 26.8 Å². The van der Waals surface area contributed by atoms with Gasteiger partial charge in [0, 0.05) is 12.4 Å². The molecule has 2 N–H and O–H groups in total. The van der Waals surface area contributed by atoms with Crippen LogP contribution in [0.15, 0.2) is 29.3 Å². The van der Waals surface area contributed by atoms with Gasteiger partial charge in [0.15, 0.2) is 0 Å². The molecule has 15 heavy (non-hydrogen) atoms. The number of benzene rings is 1. The number of hydrogen-bond donors (Lipinski definition) is 2. The second-order valence-electron chi connectivity index (χ2n) is 3.13. The first-order chi connectivity index (χ1) is 7.27. The van der Waals surface area contributed by atoms with Crippen LogP contribution >= 0.6 is 0 Å². The van der Waals surface area contributed by atoms with Gasteiger partial charge in [-0.05, 0) is 12.1 Å². The highest BCUT2D eigenvalue weighted by atomic mass is 16.5. The molecule has 0 spiro atoms. The first-order valence-corrected chi connectivity index (χ1v) is 4.31. The molecule has 0 unspecified atom stereocenters. The molecule has 0 saturated carbocycles.